The van der Waals surface area contributed by atoms with Gasteiger partial charge in [-0.25, -0.2) is 9.97 Å². The molecule has 0 saturated heterocycles. The van der Waals surface area contributed by atoms with Crippen molar-refractivity contribution < 1.29 is 0 Å². The van der Waals surface area contributed by atoms with Crippen LogP contribution in [0.2, 0.25) is 0 Å². The van der Waals surface area contributed by atoms with E-state index < -0.39 is 0 Å². The summed E-state index contributed by atoms with van der Waals surface area (Å²) in [5.74, 6) is 0.793. The zero-order valence-electron chi connectivity index (χ0n) is 20.9. The molecule has 7 rings (SSSR count). The Bertz CT molecular complexity index is 1910. The Morgan fingerprint density at radius 2 is 1.10 bits per heavy atom. The van der Waals surface area contributed by atoms with Crippen molar-refractivity contribution in [2.24, 2.45) is 0 Å². The zero-order chi connectivity index (χ0) is 26.2. The van der Waals surface area contributed by atoms with Gasteiger partial charge in [-0.1, -0.05) is 72.8 Å². The molecule has 0 atom stereocenters. The second-order valence-corrected chi connectivity index (χ2v) is 9.30. The lowest BCUT2D eigenvalue weighted by atomic mass is 10.0. The number of hydrogen-bond acceptors (Lipinski definition) is 4. The van der Waals surface area contributed by atoms with Gasteiger partial charge in [0.1, 0.15) is 17.6 Å². The lowest BCUT2D eigenvalue weighted by Gasteiger charge is -2.09. The molecule has 0 bridgehead atoms. The van der Waals surface area contributed by atoms with Crippen molar-refractivity contribution in [3.8, 4) is 45.4 Å². The Kier molecular flexibility index (Phi) is 5.42. The number of fused-ring (bicyclic) bond motifs is 3. The molecular formula is C34H21N5. The third-order valence-electron chi connectivity index (χ3n) is 7.03. The smallest absolute Gasteiger partial charge is 0.166 e. The lowest BCUT2D eigenvalue weighted by Crippen LogP contribution is -1.98. The van der Waals surface area contributed by atoms with Crippen molar-refractivity contribution in [3.05, 3.63) is 133 Å². The van der Waals surface area contributed by atoms with Gasteiger partial charge in [-0.2, -0.15) is 5.26 Å². The third kappa shape index (κ3) is 3.92. The van der Waals surface area contributed by atoms with Crippen LogP contribution in [0.3, 0.4) is 0 Å². The van der Waals surface area contributed by atoms with Crippen molar-refractivity contribution in [2.45, 2.75) is 0 Å². The predicted octanol–water partition coefficient (Wildman–Crippen LogP) is 7.84. The van der Waals surface area contributed by atoms with E-state index in [1.807, 2.05) is 24.3 Å². The molecule has 39 heavy (non-hydrogen) atoms. The van der Waals surface area contributed by atoms with Gasteiger partial charge in [0.15, 0.2) is 5.69 Å². The number of nitrogens with zero attached hydrogens (tertiary/aromatic N) is 5. The number of nitriles is 1. The predicted molar refractivity (Wildman–Crippen MR) is 155 cm³/mol. The zero-order valence-corrected chi connectivity index (χ0v) is 20.9. The van der Waals surface area contributed by atoms with Gasteiger partial charge >= 0.3 is 0 Å². The maximum absolute atomic E-state index is 9.45. The molecule has 0 aliphatic rings. The van der Waals surface area contributed by atoms with Crippen LogP contribution in [0.4, 0.5) is 0 Å². The van der Waals surface area contributed by atoms with Crippen molar-refractivity contribution in [1.82, 2.24) is 19.5 Å². The highest BCUT2D eigenvalue weighted by Gasteiger charge is 2.16. The van der Waals surface area contributed by atoms with E-state index in [9.17, 15) is 5.26 Å². The van der Waals surface area contributed by atoms with Crippen molar-refractivity contribution in [3.63, 3.8) is 0 Å². The number of hydrogen-bond donors (Lipinski definition) is 0. The van der Waals surface area contributed by atoms with Gasteiger partial charge in [0.2, 0.25) is 0 Å². The molecule has 4 aromatic carbocycles. The molecule has 3 aromatic heterocycles. The average molecular weight is 500 g/mol. The Morgan fingerprint density at radius 1 is 0.538 bits per heavy atom. The summed E-state index contributed by atoms with van der Waals surface area (Å²) in [6, 6.07) is 40.1. The largest absolute Gasteiger partial charge is 0.294 e. The fourth-order valence-electron chi connectivity index (χ4n) is 5.18. The van der Waals surface area contributed by atoms with Crippen LogP contribution < -0.4 is 0 Å². The van der Waals surface area contributed by atoms with Crippen LogP contribution in [-0.2, 0) is 0 Å². The number of benzene rings is 4. The summed E-state index contributed by atoms with van der Waals surface area (Å²) in [6.07, 6.45) is 4.87. The summed E-state index contributed by atoms with van der Waals surface area (Å²) < 4.78 is 2.19. The minimum absolute atomic E-state index is 0.283. The summed E-state index contributed by atoms with van der Waals surface area (Å²) in [5.41, 5.74) is 8.41. The van der Waals surface area contributed by atoms with E-state index in [4.69, 9.17) is 4.98 Å². The maximum Gasteiger partial charge on any atom is 0.166 e. The van der Waals surface area contributed by atoms with Crippen LogP contribution in [0.15, 0.2) is 128 Å². The second-order valence-electron chi connectivity index (χ2n) is 9.30. The highest BCUT2D eigenvalue weighted by atomic mass is 15.1. The summed E-state index contributed by atoms with van der Waals surface area (Å²) in [4.78, 5) is 13.3. The van der Waals surface area contributed by atoms with Crippen LogP contribution in [-0.4, -0.2) is 19.5 Å². The topological polar surface area (TPSA) is 67.4 Å². The van der Waals surface area contributed by atoms with Gasteiger partial charge in [0.05, 0.1) is 11.0 Å². The number of rotatable bonds is 4. The highest BCUT2D eigenvalue weighted by molar-refractivity contribution is 6.11. The molecule has 3 heterocycles. The molecule has 0 saturated carbocycles. The lowest BCUT2D eigenvalue weighted by molar-refractivity contribution is 1.08. The Hall–Kier alpha value is -5.60. The quantitative estimate of drug-likeness (QED) is 0.247. The standard InChI is InChI=1S/C34H21N5/c35-21-30-34(37-18-17-36-30)27-13-16-33(38-22-27)39-31-14-11-25(23-7-3-1-4-8-23)19-28(31)29-20-26(12-15-32(29)39)24-9-5-2-6-10-24/h1-20,22H. The third-order valence-corrected chi connectivity index (χ3v) is 7.03. The van der Waals surface area contributed by atoms with Gasteiger partial charge in [-0.05, 0) is 58.7 Å². The van der Waals surface area contributed by atoms with Gasteiger partial charge in [-0.15, -0.1) is 0 Å². The van der Waals surface area contributed by atoms with Crippen molar-refractivity contribution in [2.75, 3.05) is 0 Å². The first-order chi connectivity index (χ1) is 19.3. The van der Waals surface area contributed by atoms with Crippen LogP contribution >= 0.6 is 0 Å². The molecule has 7 aromatic rings. The molecule has 0 N–H and O–H groups in total. The first kappa shape index (κ1) is 22.6. The maximum atomic E-state index is 9.45. The molecule has 0 aliphatic carbocycles. The van der Waals surface area contributed by atoms with Crippen LogP contribution in [0.5, 0.6) is 0 Å². The van der Waals surface area contributed by atoms with E-state index >= 15 is 0 Å². The van der Waals surface area contributed by atoms with Gasteiger partial charge in [0, 0.05) is 34.9 Å². The summed E-state index contributed by atoms with van der Waals surface area (Å²) in [7, 11) is 0. The van der Waals surface area contributed by atoms with Crippen molar-refractivity contribution >= 4 is 21.8 Å². The second kappa shape index (κ2) is 9.37. The molecule has 0 aliphatic heterocycles. The van der Waals surface area contributed by atoms with Gasteiger partial charge in [-0.3, -0.25) is 9.55 Å². The normalized spacial score (nSPS) is 11.1. The van der Waals surface area contributed by atoms with Gasteiger partial charge < -0.3 is 0 Å². The first-order valence-electron chi connectivity index (χ1n) is 12.7. The minimum atomic E-state index is 0.283. The van der Waals surface area contributed by atoms with Gasteiger partial charge in [0.25, 0.3) is 0 Å². The van der Waals surface area contributed by atoms with E-state index in [2.05, 4.69) is 106 Å². The first-order valence-corrected chi connectivity index (χ1v) is 12.7. The molecular weight excluding hydrogens is 478 g/mol. The molecule has 0 unspecified atom stereocenters. The molecule has 0 amide bonds. The van der Waals surface area contributed by atoms with Crippen molar-refractivity contribution in [1.29, 1.82) is 5.26 Å². The fourth-order valence-corrected chi connectivity index (χ4v) is 5.18. The Balaban J connectivity index is 1.44. The van der Waals surface area contributed by atoms with Crippen LogP contribution in [0, 0.1) is 11.3 Å². The number of aromatic nitrogens is 4. The molecule has 0 radical (unpaired) electrons. The average Bonchev–Trinajstić information content (AvgIpc) is 3.35. The number of pyridine rings is 1. The Labute approximate surface area is 225 Å². The fraction of sp³-hybridized carbons (Fsp3) is 0. The van der Waals surface area contributed by atoms with Crippen LogP contribution in [0.25, 0.3) is 61.1 Å². The minimum Gasteiger partial charge on any atom is -0.294 e. The summed E-state index contributed by atoms with van der Waals surface area (Å²) in [6.45, 7) is 0. The summed E-state index contributed by atoms with van der Waals surface area (Å²) in [5, 5.41) is 11.8. The molecule has 5 nitrogen and oxygen atoms in total. The molecule has 5 heteroatoms. The monoisotopic (exact) mass is 499 g/mol. The van der Waals surface area contributed by atoms with Crippen LogP contribution in [0.1, 0.15) is 5.69 Å². The molecule has 182 valence electrons. The van der Waals surface area contributed by atoms with E-state index in [0.29, 0.717) is 5.69 Å². The highest BCUT2D eigenvalue weighted by Crippen LogP contribution is 2.37. The summed E-state index contributed by atoms with van der Waals surface area (Å²) >= 11 is 0. The SMILES string of the molecule is N#Cc1nccnc1-c1ccc(-n2c3ccc(-c4ccccc4)cc3c3cc(-c4ccccc4)ccc32)nc1. The molecule has 0 spiro atoms. The van der Waals surface area contributed by atoms with E-state index in [1.165, 1.54) is 28.5 Å². The molecule has 0 fully saturated rings. The van der Waals surface area contributed by atoms with E-state index in [0.717, 1.165) is 33.2 Å². The van der Waals surface area contributed by atoms with E-state index in [1.54, 1.807) is 12.4 Å². The van der Waals surface area contributed by atoms with E-state index in [-0.39, 0.29) is 5.69 Å². The Morgan fingerprint density at radius 3 is 1.64 bits per heavy atom.